The Morgan fingerprint density at radius 2 is 1.92 bits per heavy atom. The monoisotopic (exact) mass is 384 g/mol. The van der Waals surface area contributed by atoms with Gasteiger partial charge in [0.25, 0.3) is 0 Å². The number of amides is 1. The molecule has 1 aromatic rings. The lowest BCUT2D eigenvalue weighted by Gasteiger charge is -2.37. The lowest BCUT2D eigenvalue weighted by molar-refractivity contribution is -0.134. The Kier molecular flexibility index (Phi) is 10.2. The number of nitrogens with zero attached hydrogens (tertiary/aromatic N) is 1. The third-order valence-corrected chi connectivity index (χ3v) is 5.21. The Hall–Kier alpha value is -1.14. The third-order valence-electron chi connectivity index (χ3n) is 5.21. The quantitative estimate of drug-likeness (QED) is 0.686. The summed E-state index contributed by atoms with van der Waals surface area (Å²) in [5, 5.41) is 10.1. The molecule has 0 saturated heterocycles. The van der Waals surface area contributed by atoms with Crippen LogP contribution in [0, 0.1) is 5.41 Å². The number of benzene rings is 1. The van der Waals surface area contributed by atoms with Crippen LogP contribution < -0.4 is 5.73 Å². The molecule has 0 heterocycles. The van der Waals surface area contributed by atoms with Gasteiger partial charge in [0, 0.05) is 20.0 Å². The van der Waals surface area contributed by atoms with Crippen LogP contribution in [0.3, 0.4) is 0 Å². The second kappa shape index (κ2) is 11.5. The number of rotatable bonds is 9. The summed E-state index contributed by atoms with van der Waals surface area (Å²) in [6.45, 7) is 1.53. The van der Waals surface area contributed by atoms with Gasteiger partial charge in [-0.05, 0) is 30.4 Å². The van der Waals surface area contributed by atoms with E-state index < -0.39 is 6.10 Å². The molecule has 5 nitrogen and oxygen atoms in total. The molecule has 0 spiro atoms. The molecular weight excluding hydrogens is 352 g/mol. The van der Waals surface area contributed by atoms with Gasteiger partial charge in [-0.2, -0.15) is 0 Å². The molecule has 1 aliphatic carbocycles. The second-order valence-electron chi connectivity index (χ2n) is 7.37. The van der Waals surface area contributed by atoms with Crippen molar-refractivity contribution >= 4 is 18.3 Å². The van der Waals surface area contributed by atoms with E-state index in [9.17, 15) is 9.90 Å². The summed E-state index contributed by atoms with van der Waals surface area (Å²) in [6, 6.07) is 9.84. The van der Waals surface area contributed by atoms with Crippen molar-refractivity contribution in [3.05, 3.63) is 35.9 Å². The van der Waals surface area contributed by atoms with Crippen LogP contribution in [-0.2, 0) is 16.1 Å². The maximum atomic E-state index is 12.5. The minimum Gasteiger partial charge on any atom is -0.389 e. The Labute approximate surface area is 163 Å². The van der Waals surface area contributed by atoms with Gasteiger partial charge in [-0.1, -0.05) is 49.6 Å². The van der Waals surface area contributed by atoms with Gasteiger partial charge >= 0.3 is 0 Å². The number of nitrogens with two attached hydrogens (primary N) is 1. The Morgan fingerprint density at radius 3 is 2.54 bits per heavy atom. The predicted molar refractivity (Wildman–Crippen MR) is 106 cm³/mol. The molecule has 1 fully saturated rings. The fourth-order valence-electron chi connectivity index (χ4n) is 3.57. The normalized spacial score (nSPS) is 17.2. The third kappa shape index (κ3) is 7.23. The fourth-order valence-corrected chi connectivity index (χ4v) is 3.57. The van der Waals surface area contributed by atoms with Crippen molar-refractivity contribution in [2.45, 2.75) is 51.2 Å². The molecular formula is C20H33ClN2O3. The van der Waals surface area contributed by atoms with Crippen molar-refractivity contribution in [2.75, 3.05) is 26.7 Å². The first-order valence-electron chi connectivity index (χ1n) is 9.28. The lowest BCUT2D eigenvalue weighted by atomic mass is 9.71. The van der Waals surface area contributed by atoms with Gasteiger partial charge in [0.1, 0.15) is 0 Å². The topological polar surface area (TPSA) is 75.8 Å². The average molecular weight is 385 g/mol. The highest BCUT2D eigenvalue weighted by Gasteiger charge is 2.34. The maximum Gasteiger partial charge on any atom is 0.223 e. The fraction of sp³-hybridized carbons (Fsp3) is 0.650. The van der Waals surface area contributed by atoms with Gasteiger partial charge in [-0.25, -0.2) is 0 Å². The lowest BCUT2D eigenvalue weighted by Crippen LogP contribution is -2.42. The molecule has 26 heavy (non-hydrogen) atoms. The van der Waals surface area contributed by atoms with Crippen LogP contribution in [0.1, 0.15) is 44.1 Å². The molecule has 1 saturated carbocycles. The standard InChI is InChI=1S/C20H32N2O3.ClH/c1-22(19(24)12-20(16-21)10-6-3-7-11-20)13-18(23)15-25-14-17-8-4-2-5-9-17;/h2,4-5,8-9,18,23H,3,6-7,10-16,21H2,1H3;1H. The van der Waals surface area contributed by atoms with Gasteiger partial charge < -0.3 is 20.5 Å². The number of carbonyl (C=O) groups is 1. The molecule has 1 atom stereocenters. The Bertz CT molecular complexity index is 521. The molecule has 0 radical (unpaired) electrons. The number of halogens is 1. The smallest absolute Gasteiger partial charge is 0.223 e. The largest absolute Gasteiger partial charge is 0.389 e. The highest BCUT2D eigenvalue weighted by molar-refractivity contribution is 5.85. The van der Waals surface area contributed by atoms with Gasteiger partial charge in [-0.3, -0.25) is 4.79 Å². The highest BCUT2D eigenvalue weighted by atomic mass is 35.5. The van der Waals surface area contributed by atoms with Crippen LogP contribution in [0.5, 0.6) is 0 Å². The molecule has 148 valence electrons. The molecule has 1 aliphatic rings. The number of hydrogen-bond donors (Lipinski definition) is 2. The first-order chi connectivity index (χ1) is 12.0. The molecule has 3 N–H and O–H groups in total. The van der Waals surface area contributed by atoms with Crippen molar-refractivity contribution in [1.82, 2.24) is 4.90 Å². The van der Waals surface area contributed by atoms with Gasteiger partial charge in [-0.15, -0.1) is 12.4 Å². The number of ether oxygens (including phenoxy) is 1. The summed E-state index contributed by atoms with van der Waals surface area (Å²) in [4.78, 5) is 14.1. The summed E-state index contributed by atoms with van der Waals surface area (Å²) in [5.74, 6) is 0.0643. The van der Waals surface area contributed by atoms with E-state index >= 15 is 0 Å². The maximum absolute atomic E-state index is 12.5. The summed E-state index contributed by atoms with van der Waals surface area (Å²) < 4.78 is 5.55. The number of hydrogen-bond acceptors (Lipinski definition) is 4. The first-order valence-corrected chi connectivity index (χ1v) is 9.28. The molecule has 0 aromatic heterocycles. The van der Waals surface area contributed by atoms with E-state index in [4.69, 9.17) is 10.5 Å². The summed E-state index contributed by atoms with van der Waals surface area (Å²) in [6.07, 6.45) is 5.42. The van der Waals surface area contributed by atoms with Crippen molar-refractivity contribution < 1.29 is 14.6 Å². The van der Waals surface area contributed by atoms with Crippen molar-refractivity contribution in [3.63, 3.8) is 0 Å². The molecule has 0 bridgehead atoms. The van der Waals surface area contributed by atoms with Crippen LogP contribution in [-0.4, -0.2) is 48.8 Å². The van der Waals surface area contributed by atoms with Crippen LogP contribution >= 0.6 is 12.4 Å². The van der Waals surface area contributed by atoms with E-state index in [1.165, 1.54) is 6.42 Å². The van der Waals surface area contributed by atoms with Gasteiger partial charge in [0.2, 0.25) is 5.91 Å². The van der Waals surface area contributed by atoms with E-state index in [2.05, 4.69) is 0 Å². The number of carbonyl (C=O) groups excluding carboxylic acids is 1. The SMILES string of the molecule is CN(CC(O)COCc1ccccc1)C(=O)CC1(CN)CCCCC1.Cl. The van der Waals surface area contributed by atoms with Crippen molar-refractivity contribution in [2.24, 2.45) is 11.1 Å². The number of likely N-dealkylation sites (N-methyl/N-ethyl adjacent to an activating group) is 1. The van der Waals surface area contributed by atoms with Crippen LogP contribution in [0.15, 0.2) is 30.3 Å². The molecule has 6 heteroatoms. The zero-order valence-corrected chi connectivity index (χ0v) is 16.5. The zero-order valence-electron chi connectivity index (χ0n) is 15.7. The van der Waals surface area contributed by atoms with E-state index in [-0.39, 0.29) is 36.9 Å². The molecule has 1 amide bonds. The molecule has 2 rings (SSSR count). The van der Waals surface area contributed by atoms with Crippen LogP contribution in [0.2, 0.25) is 0 Å². The Morgan fingerprint density at radius 1 is 1.27 bits per heavy atom. The van der Waals surface area contributed by atoms with Gasteiger partial charge in [0.05, 0.1) is 19.3 Å². The second-order valence-corrected chi connectivity index (χ2v) is 7.37. The Balaban J connectivity index is 0.00000338. The van der Waals surface area contributed by atoms with Gasteiger partial charge in [0.15, 0.2) is 0 Å². The minimum absolute atomic E-state index is 0. The average Bonchev–Trinajstić information content (AvgIpc) is 2.63. The summed E-state index contributed by atoms with van der Waals surface area (Å²) >= 11 is 0. The zero-order chi connectivity index (χ0) is 18.1. The van der Waals surface area contributed by atoms with Crippen LogP contribution in [0.4, 0.5) is 0 Å². The van der Waals surface area contributed by atoms with Crippen molar-refractivity contribution in [1.29, 1.82) is 0 Å². The summed E-state index contributed by atoms with van der Waals surface area (Å²) in [5.41, 5.74) is 7.00. The number of aliphatic hydroxyl groups excluding tert-OH is 1. The molecule has 1 aromatic carbocycles. The van der Waals surface area contributed by atoms with E-state index in [0.717, 1.165) is 31.2 Å². The summed E-state index contributed by atoms with van der Waals surface area (Å²) in [7, 11) is 1.75. The minimum atomic E-state index is -0.683. The first kappa shape index (κ1) is 22.9. The number of aliphatic hydroxyl groups is 1. The van der Waals surface area contributed by atoms with Crippen LogP contribution in [0.25, 0.3) is 0 Å². The molecule has 0 aliphatic heterocycles. The van der Waals surface area contributed by atoms with E-state index in [0.29, 0.717) is 19.6 Å². The molecule has 1 unspecified atom stereocenters. The van der Waals surface area contributed by atoms with E-state index in [1.54, 1.807) is 11.9 Å². The van der Waals surface area contributed by atoms with E-state index in [1.807, 2.05) is 30.3 Å². The predicted octanol–water partition coefficient (Wildman–Crippen LogP) is 2.74. The van der Waals surface area contributed by atoms with Crippen molar-refractivity contribution in [3.8, 4) is 0 Å². The highest BCUT2D eigenvalue weighted by Crippen LogP contribution is 2.38.